The quantitative estimate of drug-likeness (QED) is 0.332. The number of rotatable bonds is 6. The minimum atomic E-state index is -0.766. The van der Waals surface area contributed by atoms with Gasteiger partial charge in [0.2, 0.25) is 0 Å². The number of methoxy groups -OCH3 is 1. The molecular formula is C15H18BrNO5. The summed E-state index contributed by atoms with van der Waals surface area (Å²) >= 11 is 3.28. The number of nitrogens with zero attached hydrogens (tertiary/aromatic N) is 1. The predicted molar refractivity (Wildman–Crippen MR) is 84.6 cm³/mol. The molecule has 1 aliphatic carbocycles. The van der Waals surface area contributed by atoms with Crippen molar-refractivity contribution in [2.75, 3.05) is 12.4 Å². The number of carbonyl (C=O) groups excluding carboxylic acids is 1. The van der Waals surface area contributed by atoms with Crippen molar-refractivity contribution in [3.8, 4) is 5.75 Å². The summed E-state index contributed by atoms with van der Waals surface area (Å²) in [5.41, 5.74) is 1.91. The van der Waals surface area contributed by atoms with Crippen LogP contribution in [-0.4, -0.2) is 29.4 Å². The molecule has 1 aliphatic rings. The van der Waals surface area contributed by atoms with E-state index in [0.717, 1.165) is 36.8 Å². The van der Waals surface area contributed by atoms with Crippen molar-refractivity contribution < 1.29 is 19.2 Å². The van der Waals surface area contributed by atoms with Gasteiger partial charge in [-0.15, -0.1) is 0 Å². The molecule has 22 heavy (non-hydrogen) atoms. The summed E-state index contributed by atoms with van der Waals surface area (Å²) < 4.78 is 10.5. The first-order valence-corrected chi connectivity index (χ1v) is 8.29. The number of nitro benzene ring substituents is 1. The zero-order valence-electron chi connectivity index (χ0n) is 12.3. The summed E-state index contributed by atoms with van der Waals surface area (Å²) in [6.07, 6.45) is 3.30. The number of halogens is 1. The standard InChI is InChI=1S/C15H18BrNO5/c1-21-15(18)13(6-7-16)22-14-9-11(17(19)20)8-10-4-2-3-5-12(10)14/h8-9,13H,2-7H2,1H3. The van der Waals surface area contributed by atoms with E-state index in [4.69, 9.17) is 9.47 Å². The van der Waals surface area contributed by atoms with Gasteiger partial charge in [0.1, 0.15) is 5.75 Å². The van der Waals surface area contributed by atoms with Crippen molar-refractivity contribution in [1.82, 2.24) is 0 Å². The number of esters is 1. The fourth-order valence-corrected chi connectivity index (χ4v) is 3.05. The van der Waals surface area contributed by atoms with Crippen LogP contribution in [0.2, 0.25) is 0 Å². The van der Waals surface area contributed by atoms with E-state index in [0.29, 0.717) is 17.5 Å². The van der Waals surface area contributed by atoms with Crippen LogP contribution in [0.25, 0.3) is 0 Å². The molecule has 1 aromatic carbocycles. The van der Waals surface area contributed by atoms with Crippen molar-refractivity contribution in [2.24, 2.45) is 0 Å². The Bertz CT molecular complexity index is 575. The van der Waals surface area contributed by atoms with Gasteiger partial charge in [0.25, 0.3) is 5.69 Å². The van der Waals surface area contributed by atoms with Crippen LogP contribution in [0, 0.1) is 10.1 Å². The van der Waals surface area contributed by atoms with E-state index in [2.05, 4.69) is 15.9 Å². The topological polar surface area (TPSA) is 78.7 Å². The number of hydrogen-bond donors (Lipinski definition) is 0. The van der Waals surface area contributed by atoms with Crippen LogP contribution < -0.4 is 4.74 Å². The molecule has 6 nitrogen and oxygen atoms in total. The Hall–Kier alpha value is -1.63. The monoisotopic (exact) mass is 371 g/mol. The summed E-state index contributed by atoms with van der Waals surface area (Å²) in [4.78, 5) is 22.5. The van der Waals surface area contributed by atoms with Gasteiger partial charge < -0.3 is 9.47 Å². The van der Waals surface area contributed by atoms with Crippen LogP contribution in [-0.2, 0) is 22.4 Å². The Morgan fingerprint density at radius 1 is 1.41 bits per heavy atom. The third kappa shape index (κ3) is 3.76. The molecule has 0 amide bonds. The fourth-order valence-electron chi connectivity index (χ4n) is 2.63. The number of hydrogen-bond acceptors (Lipinski definition) is 5. The number of non-ortho nitro benzene ring substituents is 1. The maximum Gasteiger partial charge on any atom is 0.347 e. The van der Waals surface area contributed by atoms with Crippen molar-refractivity contribution in [3.05, 3.63) is 33.4 Å². The van der Waals surface area contributed by atoms with Gasteiger partial charge in [-0.05, 0) is 36.8 Å². The van der Waals surface area contributed by atoms with Gasteiger partial charge in [-0.1, -0.05) is 15.9 Å². The molecule has 0 heterocycles. The molecule has 0 spiro atoms. The van der Waals surface area contributed by atoms with Gasteiger partial charge >= 0.3 is 5.97 Å². The second-order valence-electron chi connectivity index (χ2n) is 5.15. The van der Waals surface area contributed by atoms with Crippen LogP contribution in [0.5, 0.6) is 5.75 Å². The SMILES string of the molecule is COC(=O)C(CCBr)Oc1cc([N+](=O)[O-])cc2c1CCCC2. The van der Waals surface area contributed by atoms with Gasteiger partial charge in [0.05, 0.1) is 18.1 Å². The average molecular weight is 372 g/mol. The van der Waals surface area contributed by atoms with Gasteiger partial charge in [-0.25, -0.2) is 4.79 Å². The van der Waals surface area contributed by atoms with Crippen LogP contribution >= 0.6 is 15.9 Å². The first-order chi connectivity index (χ1) is 10.6. The molecular weight excluding hydrogens is 354 g/mol. The number of benzene rings is 1. The number of nitro groups is 1. The second kappa shape index (κ2) is 7.58. The van der Waals surface area contributed by atoms with Crippen LogP contribution in [0.4, 0.5) is 5.69 Å². The fraction of sp³-hybridized carbons (Fsp3) is 0.533. The van der Waals surface area contributed by atoms with Gasteiger partial charge in [0.15, 0.2) is 6.10 Å². The summed E-state index contributed by atoms with van der Waals surface area (Å²) in [7, 11) is 1.30. The van der Waals surface area contributed by atoms with E-state index in [1.54, 1.807) is 6.07 Å². The molecule has 0 saturated heterocycles. The molecule has 0 aliphatic heterocycles. The highest BCUT2D eigenvalue weighted by atomic mass is 79.9. The smallest absolute Gasteiger partial charge is 0.347 e. The number of carbonyl (C=O) groups is 1. The van der Waals surface area contributed by atoms with Crippen LogP contribution in [0.15, 0.2) is 12.1 Å². The van der Waals surface area contributed by atoms with Crippen LogP contribution in [0.3, 0.4) is 0 Å². The van der Waals surface area contributed by atoms with Gasteiger partial charge in [0, 0.05) is 17.8 Å². The molecule has 0 radical (unpaired) electrons. The normalized spacial score (nSPS) is 14.8. The Morgan fingerprint density at radius 3 is 2.77 bits per heavy atom. The Morgan fingerprint density at radius 2 is 2.14 bits per heavy atom. The molecule has 0 bridgehead atoms. The first kappa shape index (κ1) is 16.7. The molecule has 0 saturated carbocycles. The molecule has 0 fully saturated rings. The summed E-state index contributed by atoms with van der Waals surface area (Å²) in [6, 6.07) is 3.02. The third-order valence-electron chi connectivity index (χ3n) is 3.72. The Balaban J connectivity index is 2.37. The van der Waals surface area contributed by atoms with Crippen LogP contribution in [0.1, 0.15) is 30.4 Å². The lowest BCUT2D eigenvalue weighted by Gasteiger charge is -2.22. The second-order valence-corrected chi connectivity index (χ2v) is 5.95. The van der Waals surface area contributed by atoms with E-state index < -0.39 is 17.0 Å². The predicted octanol–water partition coefficient (Wildman–Crippen LogP) is 3.18. The lowest BCUT2D eigenvalue weighted by Crippen LogP contribution is -2.29. The minimum absolute atomic E-state index is 0.00175. The summed E-state index contributed by atoms with van der Waals surface area (Å²) in [5, 5.41) is 11.7. The molecule has 2 rings (SSSR count). The molecule has 0 aromatic heterocycles. The molecule has 0 N–H and O–H groups in total. The largest absolute Gasteiger partial charge is 0.478 e. The highest BCUT2D eigenvalue weighted by molar-refractivity contribution is 9.09. The molecule has 120 valence electrons. The van der Waals surface area contributed by atoms with E-state index in [1.165, 1.54) is 13.2 Å². The number of aryl methyl sites for hydroxylation is 1. The maximum atomic E-state index is 11.8. The van der Waals surface area contributed by atoms with E-state index in [-0.39, 0.29) is 5.69 Å². The van der Waals surface area contributed by atoms with Crippen molar-refractivity contribution in [2.45, 2.75) is 38.2 Å². The average Bonchev–Trinajstić information content (AvgIpc) is 2.53. The number of fused-ring (bicyclic) bond motifs is 1. The van der Waals surface area contributed by atoms with Crippen molar-refractivity contribution >= 4 is 27.6 Å². The van der Waals surface area contributed by atoms with E-state index in [1.807, 2.05) is 0 Å². The van der Waals surface area contributed by atoms with Gasteiger partial charge in [-0.2, -0.15) is 0 Å². The Labute approximate surface area is 137 Å². The summed E-state index contributed by atoms with van der Waals surface area (Å²) in [6.45, 7) is 0. The van der Waals surface area contributed by atoms with Crippen molar-refractivity contribution in [1.29, 1.82) is 0 Å². The number of ether oxygens (including phenoxy) is 2. The lowest BCUT2D eigenvalue weighted by molar-refractivity contribution is -0.385. The molecule has 1 unspecified atom stereocenters. The summed E-state index contributed by atoms with van der Waals surface area (Å²) in [5.74, 6) is -0.0456. The van der Waals surface area contributed by atoms with E-state index >= 15 is 0 Å². The Kier molecular flexibility index (Phi) is 5.76. The minimum Gasteiger partial charge on any atom is -0.478 e. The highest BCUT2D eigenvalue weighted by Gasteiger charge is 2.25. The number of alkyl halides is 1. The lowest BCUT2D eigenvalue weighted by atomic mass is 9.90. The van der Waals surface area contributed by atoms with E-state index in [9.17, 15) is 14.9 Å². The zero-order valence-corrected chi connectivity index (χ0v) is 13.9. The molecule has 1 atom stereocenters. The molecule has 1 aromatic rings. The van der Waals surface area contributed by atoms with Crippen molar-refractivity contribution in [3.63, 3.8) is 0 Å². The van der Waals surface area contributed by atoms with Gasteiger partial charge in [-0.3, -0.25) is 10.1 Å². The first-order valence-electron chi connectivity index (χ1n) is 7.17. The zero-order chi connectivity index (χ0) is 16.1. The molecule has 7 heteroatoms. The highest BCUT2D eigenvalue weighted by Crippen LogP contribution is 2.34. The maximum absolute atomic E-state index is 11.8. The third-order valence-corrected chi connectivity index (χ3v) is 4.18.